The molecule has 3 aliphatic heterocycles. The fraction of sp³-hybridized carbons (Fsp3) is 0.453. The van der Waals surface area contributed by atoms with Gasteiger partial charge in [0.1, 0.15) is 55.1 Å². The van der Waals surface area contributed by atoms with Crippen LogP contribution in [0, 0.1) is 17.2 Å². The number of nitrogens with one attached hydrogen (secondary N) is 1. The van der Waals surface area contributed by atoms with Crippen LogP contribution in [0.1, 0.15) is 107 Å². The van der Waals surface area contributed by atoms with Gasteiger partial charge in [0.15, 0.2) is 17.3 Å². The maximum absolute atomic E-state index is 14.9. The zero-order valence-electron chi connectivity index (χ0n) is 48.8. The molecule has 6 atom stereocenters. The molecule has 4 aromatic carbocycles. The number of hydrogen-bond donors (Lipinski definition) is 1. The second kappa shape index (κ2) is 29.2. The molecule has 0 aromatic heterocycles. The highest BCUT2D eigenvalue weighted by Gasteiger charge is 2.44. The number of carbonyl (C=O) groups excluding carboxylic acids is 9. The van der Waals surface area contributed by atoms with Crippen molar-refractivity contribution in [1.29, 1.82) is 0 Å². The number of hydrogen-bond acceptors (Lipinski definition) is 14. The molecular weight excluding hydrogens is 1080 g/mol. The molecule has 2 fully saturated rings. The fourth-order valence-corrected chi connectivity index (χ4v) is 10.6. The first-order valence-corrected chi connectivity index (χ1v) is 28.5. The number of aryl methyl sites for hydroxylation is 1. The molecule has 20 heteroatoms. The van der Waals surface area contributed by atoms with E-state index in [0.29, 0.717) is 60.3 Å². The van der Waals surface area contributed by atoms with Crippen LogP contribution in [-0.4, -0.2) is 152 Å². The maximum Gasteiger partial charge on any atom is 0.330 e. The van der Waals surface area contributed by atoms with Crippen molar-refractivity contribution in [2.24, 2.45) is 11.3 Å². The molecule has 448 valence electrons. The standard InChI is InChI=1S/C64H76FN5O14/c1-41-35-47(71)39-82-48-20-15-19-45(38-48)52(30-26-43-27-31-53(80-6)54(37-43)81-7)84-63(79)50-21-11-14-33-70(50)62(78)57(73)64(2,3)40-83-55(72)23-12-13-32-67(4)59(75)49-22-16-34-69(49)60(76)51(36-42-24-28-46(65)29-25-42)68(5)61(77)56(66-58(41)74)44-17-9-8-10-18-44/h8-10,12,15,17-20,23-25,27-29,31,37-38,41,49-52,56H,11,13-14,16,21-22,26,30,32-36,39-40H2,1-7H3,(H,66,74)/t41-,49+,50+,51+,52-,56?/m1/s1. The number of fused-ring (bicyclic) bond motifs is 4. The van der Waals surface area contributed by atoms with Gasteiger partial charge in [-0.3, -0.25) is 33.6 Å². The van der Waals surface area contributed by atoms with Gasteiger partial charge in [-0.2, -0.15) is 0 Å². The number of ether oxygens (including phenoxy) is 5. The number of benzene rings is 4. The summed E-state index contributed by atoms with van der Waals surface area (Å²) in [5.41, 5.74) is 0.765. The molecule has 84 heavy (non-hydrogen) atoms. The highest BCUT2D eigenvalue weighted by atomic mass is 19.1. The van der Waals surface area contributed by atoms with Crippen molar-refractivity contribution in [3.63, 3.8) is 0 Å². The monoisotopic (exact) mass is 1160 g/mol. The zero-order chi connectivity index (χ0) is 60.7. The molecule has 0 spiro atoms. The number of piperidine rings is 1. The highest BCUT2D eigenvalue weighted by molar-refractivity contribution is 6.38. The second-order valence-corrected chi connectivity index (χ2v) is 22.3. The number of halogens is 1. The van der Waals surface area contributed by atoms with Crippen LogP contribution in [-0.2, 0) is 65.5 Å². The minimum atomic E-state index is -1.50. The molecule has 2 bridgehead atoms. The molecular formula is C64H76FN5O14. The number of Topliss-reactive ketones (excluding diaryl/α,β-unsaturated/α-hetero) is 2. The van der Waals surface area contributed by atoms with Gasteiger partial charge >= 0.3 is 11.9 Å². The quantitative estimate of drug-likeness (QED) is 0.140. The number of likely N-dealkylation sites (N-methyl/N-ethyl adjacent to an activating group) is 2. The van der Waals surface area contributed by atoms with Gasteiger partial charge in [0.25, 0.3) is 5.91 Å². The number of esters is 2. The zero-order valence-corrected chi connectivity index (χ0v) is 48.8. The van der Waals surface area contributed by atoms with Crippen molar-refractivity contribution in [2.45, 2.75) is 115 Å². The Bertz CT molecular complexity index is 3060. The van der Waals surface area contributed by atoms with Gasteiger partial charge in [-0.05, 0) is 124 Å². The van der Waals surface area contributed by atoms with E-state index in [1.54, 1.807) is 74.6 Å². The number of rotatable bonds is 8. The van der Waals surface area contributed by atoms with Crippen molar-refractivity contribution >= 4 is 53.0 Å². The lowest BCUT2D eigenvalue weighted by Crippen LogP contribution is -2.56. The number of methoxy groups -OCH3 is 2. The molecule has 5 amide bonds. The Morgan fingerprint density at radius 1 is 0.702 bits per heavy atom. The van der Waals surface area contributed by atoms with E-state index < -0.39 is 108 Å². The van der Waals surface area contributed by atoms with Crippen LogP contribution in [0.5, 0.6) is 17.2 Å². The summed E-state index contributed by atoms with van der Waals surface area (Å²) in [6.45, 7) is 4.01. The third-order valence-corrected chi connectivity index (χ3v) is 15.6. The topological polar surface area (TPSA) is 225 Å². The summed E-state index contributed by atoms with van der Waals surface area (Å²) in [6, 6.07) is 21.5. The third-order valence-electron chi connectivity index (χ3n) is 15.6. The molecule has 1 N–H and O–H groups in total. The van der Waals surface area contributed by atoms with Crippen molar-refractivity contribution in [2.75, 3.05) is 61.2 Å². The largest absolute Gasteiger partial charge is 0.493 e. The Kier molecular flexibility index (Phi) is 22.0. The molecule has 3 aliphatic rings. The van der Waals surface area contributed by atoms with E-state index in [-0.39, 0.29) is 63.4 Å². The van der Waals surface area contributed by atoms with Gasteiger partial charge < -0.3 is 48.6 Å². The van der Waals surface area contributed by atoms with E-state index in [2.05, 4.69) is 5.32 Å². The molecule has 4 aromatic rings. The van der Waals surface area contributed by atoms with Gasteiger partial charge in [0, 0.05) is 58.6 Å². The van der Waals surface area contributed by atoms with Crippen LogP contribution in [0.15, 0.2) is 109 Å². The van der Waals surface area contributed by atoms with Crippen molar-refractivity contribution in [3.8, 4) is 17.2 Å². The third kappa shape index (κ3) is 16.2. The van der Waals surface area contributed by atoms with Gasteiger partial charge in [-0.25, -0.2) is 14.0 Å². The highest BCUT2D eigenvalue weighted by Crippen LogP contribution is 2.33. The Labute approximate surface area is 489 Å². The van der Waals surface area contributed by atoms with Gasteiger partial charge in [-0.15, -0.1) is 0 Å². The molecule has 2 saturated heterocycles. The van der Waals surface area contributed by atoms with E-state index in [1.807, 2.05) is 12.1 Å². The fourth-order valence-electron chi connectivity index (χ4n) is 10.6. The summed E-state index contributed by atoms with van der Waals surface area (Å²) >= 11 is 0. The molecule has 0 aliphatic carbocycles. The van der Waals surface area contributed by atoms with Crippen LogP contribution >= 0.6 is 0 Å². The van der Waals surface area contributed by atoms with Gasteiger partial charge in [-0.1, -0.05) is 73.7 Å². The predicted molar refractivity (Wildman–Crippen MR) is 307 cm³/mol. The van der Waals surface area contributed by atoms with E-state index in [1.165, 1.54) is 85.1 Å². The first-order valence-electron chi connectivity index (χ1n) is 28.5. The SMILES string of the molecule is COc1ccc(CC[C@H]2OC(=O)[C@@H]3CCCCN3C(=O)C(=O)C(C)(C)COC(=O)C=CCCN(C)C(=O)[C@@H]3CCCN3C(=O)[C@H](Cc3ccc(F)cc3)N(C)C(=O)C(c3ccccc3)NC(=O)[C@H](C)CC(=O)COc3cccc2c3)cc1OC. The minimum Gasteiger partial charge on any atom is -0.493 e. The number of nitrogens with zero attached hydrogens (tertiary/aromatic N) is 4. The lowest BCUT2D eigenvalue weighted by Gasteiger charge is -2.36. The summed E-state index contributed by atoms with van der Waals surface area (Å²) in [5.74, 6) is -6.17. The normalized spacial score (nSPS) is 23.4. The molecule has 0 radical (unpaired) electrons. The van der Waals surface area contributed by atoms with Crippen LogP contribution < -0.4 is 19.5 Å². The van der Waals surface area contributed by atoms with Crippen LogP contribution in [0.4, 0.5) is 4.39 Å². The lowest BCUT2D eigenvalue weighted by molar-refractivity contribution is -0.165. The summed E-state index contributed by atoms with van der Waals surface area (Å²) in [4.78, 5) is 133. The molecule has 3 heterocycles. The Morgan fingerprint density at radius 2 is 1.39 bits per heavy atom. The number of amides is 5. The van der Waals surface area contributed by atoms with Crippen molar-refractivity contribution < 1.29 is 71.2 Å². The average molecular weight is 1160 g/mol. The van der Waals surface area contributed by atoms with Crippen LogP contribution in [0.2, 0.25) is 0 Å². The Hall–Kier alpha value is -8.42. The van der Waals surface area contributed by atoms with E-state index in [4.69, 9.17) is 23.7 Å². The van der Waals surface area contributed by atoms with E-state index >= 15 is 0 Å². The number of ketones is 2. The average Bonchev–Trinajstić information content (AvgIpc) is 3.59. The molecule has 19 nitrogen and oxygen atoms in total. The molecule has 7 rings (SSSR count). The summed E-state index contributed by atoms with van der Waals surface area (Å²) in [5, 5.41) is 2.83. The lowest BCUT2D eigenvalue weighted by atomic mass is 9.87. The second-order valence-electron chi connectivity index (χ2n) is 22.3. The Morgan fingerprint density at radius 3 is 2.12 bits per heavy atom. The summed E-state index contributed by atoms with van der Waals surface area (Å²) < 4.78 is 43.0. The Balaban J connectivity index is 1.18. The van der Waals surface area contributed by atoms with E-state index in [0.717, 1.165) is 11.6 Å². The van der Waals surface area contributed by atoms with Crippen molar-refractivity contribution in [3.05, 3.63) is 137 Å². The smallest absolute Gasteiger partial charge is 0.330 e. The number of carbonyl (C=O) groups is 9. The van der Waals surface area contributed by atoms with Gasteiger partial charge in [0.05, 0.1) is 19.6 Å². The van der Waals surface area contributed by atoms with Crippen LogP contribution in [0.3, 0.4) is 0 Å². The minimum absolute atomic E-state index is 0.0650. The summed E-state index contributed by atoms with van der Waals surface area (Å²) in [7, 11) is 6.06. The molecule has 0 saturated carbocycles. The summed E-state index contributed by atoms with van der Waals surface area (Å²) in [6.07, 6.45) is 4.34. The first-order chi connectivity index (χ1) is 40.2. The molecule has 1 unspecified atom stereocenters. The first kappa shape index (κ1) is 63.2. The number of cyclic esters (lactones) is 2. The van der Waals surface area contributed by atoms with E-state index in [9.17, 15) is 47.5 Å². The van der Waals surface area contributed by atoms with Crippen LogP contribution in [0.25, 0.3) is 0 Å². The van der Waals surface area contributed by atoms with Crippen molar-refractivity contribution in [1.82, 2.24) is 24.9 Å². The maximum atomic E-state index is 14.9. The van der Waals surface area contributed by atoms with Gasteiger partial charge in [0.2, 0.25) is 29.4 Å². The predicted octanol–water partition coefficient (Wildman–Crippen LogP) is 6.89.